The van der Waals surface area contributed by atoms with E-state index in [1.54, 1.807) is 19.2 Å². The molecular weight excluding hydrogens is 346 g/mol. The first-order valence-electron chi connectivity index (χ1n) is 5.26. The fourth-order valence-electron chi connectivity index (χ4n) is 1.32. The van der Waals surface area contributed by atoms with Gasteiger partial charge in [0.15, 0.2) is 0 Å². The molecule has 0 aliphatic carbocycles. The van der Waals surface area contributed by atoms with Gasteiger partial charge in [-0.3, -0.25) is 0 Å². The Bertz CT molecular complexity index is 447. The number of hydrogen-bond donors (Lipinski definition) is 0. The second kappa shape index (κ2) is 7.09. The number of alkyl halides is 1. The van der Waals surface area contributed by atoms with E-state index in [1.165, 1.54) is 15.6 Å². The van der Waals surface area contributed by atoms with Crippen LogP contribution in [-0.2, 0) is 10.0 Å². The van der Waals surface area contributed by atoms with Gasteiger partial charge in [-0.15, -0.1) is 22.9 Å². The van der Waals surface area contributed by atoms with Gasteiger partial charge in [0.25, 0.3) is 10.0 Å². The Morgan fingerprint density at radius 3 is 2.59 bits per heavy atom. The summed E-state index contributed by atoms with van der Waals surface area (Å²) < 4.78 is 26.8. The summed E-state index contributed by atoms with van der Waals surface area (Å²) >= 11 is 10.1. The van der Waals surface area contributed by atoms with Crippen LogP contribution >= 0.6 is 38.9 Å². The minimum atomic E-state index is -3.32. The van der Waals surface area contributed by atoms with Crippen LogP contribution in [-0.4, -0.2) is 32.2 Å². The first-order chi connectivity index (χ1) is 7.98. The highest BCUT2D eigenvalue weighted by Crippen LogP contribution is 2.28. The Balaban J connectivity index is 2.58. The van der Waals surface area contributed by atoms with Crippen LogP contribution in [0.1, 0.15) is 19.3 Å². The summed E-state index contributed by atoms with van der Waals surface area (Å²) in [5.41, 5.74) is 0. The molecule has 17 heavy (non-hydrogen) atoms. The van der Waals surface area contributed by atoms with E-state index in [4.69, 9.17) is 11.6 Å². The van der Waals surface area contributed by atoms with Gasteiger partial charge in [0.05, 0.1) is 3.79 Å². The van der Waals surface area contributed by atoms with Crippen molar-refractivity contribution in [2.24, 2.45) is 0 Å². The Kier molecular flexibility index (Phi) is 6.44. The molecule has 0 amide bonds. The molecule has 0 radical (unpaired) electrons. The molecule has 7 heteroatoms. The van der Waals surface area contributed by atoms with Gasteiger partial charge in [0.2, 0.25) is 0 Å². The molecule has 0 saturated carbocycles. The fourth-order valence-corrected chi connectivity index (χ4v) is 4.93. The van der Waals surface area contributed by atoms with Crippen molar-refractivity contribution in [3.8, 4) is 0 Å². The molecule has 0 aliphatic heterocycles. The highest BCUT2D eigenvalue weighted by Gasteiger charge is 2.21. The van der Waals surface area contributed by atoms with Crippen molar-refractivity contribution in [2.45, 2.75) is 23.5 Å². The van der Waals surface area contributed by atoms with Crippen LogP contribution < -0.4 is 0 Å². The average Bonchev–Trinajstić information content (AvgIpc) is 2.71. The minimum absolute atomic E-state index is 0.379. The third kappa shape index (κ3) is 4.52. The lowest BCUT2D eigenvalue weighted by Crippen LogP contribution is -2.27. The molecule has 0 unspecified atom stereocenters. The van der Waals surface area contributed by atoms with Gasteiger partial charge in [0.1, 0.15) is 4.21 Å². The van der Waals surface area contributed by atoms with Gasteiger partial charge < -0.3 is 0 Å². The first kappa shape index (κ1) is 15.4. The highest BCUT2D eigenvalue weighted by atomic mass is 79.9. The molecule has 0 saturated heterocycles. The van der Waals surface area contributed by atoms with Crippen LogP contribution in [0.4, 0.5) is 0 Å². The van der Waals surface area contributed by atoms with E-state index in [9.17, 15) is 8.42 Å². The lowest BCUT2D eigenvalue weighted by Gasteiger charge is -2.15. The summed E-state index contributed by atoms with van der Waals surface area (Å²) in [6.07, 6.45) is 2.73. The maximum atomic E-state index is 12.1. The molecule has 0 spiro atoms. The van der Waals surface area contributed by atoms with E-state index in [0.717, 1.165) is 23.0 Å². The third-order valence-corrected chi connectivity index (χ3v) is 6.53. The number of rotatable bonds is 7. The highest BCUT2D eigenvalue weighted by molar-refractivity contribution is 9.11. The van der Waals surface area contributed by atoms with Crippen LogP contribution in [0.5, 0.6) is 0 Å². The largest absolute Gasteiger partial charge is 0.252 e. The second-order valence-electron chi connectivity index (χ2n) is 3.63. The van der Waals surface area contributed by atoms with Crippen LogP contribution in [0.25, 0.3) is 0 Å². The number of nitrogens with zero attached hydrogens (tertiary/aromatic N) is 1. The molecule has 1 rings (SSSR count). The molecule has 3 nitrogen and oxygen atoms in total. The monoisotopic (exact) mass is 359 g/mol. The van der Waals surface area contributed by atoms with Crippen molar-refractivity contribution in [3.05, 3.63) is 15.9 Å². The van der Waals surface area contributed by atoms with E-state index < -0.39 is 10.0 Å². The van der Waals surface area contributed by atoms with Gasteiger partial charge >= 0.3 is 0 Å². The van der Waals surface area contributed by atoms with Crippen LogP contribution in [0.2, 0.25) is 0 Å². The summed E-state index contributed by atoms with van der Waals surface area (Å²) in [5, 5.41) is 0. The van der Waals surface area contributed by atoms with Gasteiger partial charge in [-0.25, -0.2) is 12.7 Å². The number of thiophene rings is 1. The molecule has 0 aliphatic rings. The standard InChI is InChI=1S/C10H15BrClNO2S2/c1-13(8-4-2-3-7-12)17(14,15)10-6-5-9(11)16-10/h5-6H,2-4,7-8H2,1H3. The van der Waals surface area contributed by atoms with E-state index in [2.05, 4.69) is 15.9 Å². The van der Waals surface area contributed by atoms with Crippen molar-refractivity contribution >= 4 is 48.9 Å². The Morgan fingerprint density at radius 2 is 2.06 bits per heavy atom. The van der Waals surface area contributed by atoms with Crippen LogP contribution in [0.15, 0.2) is 20.1 Å². The van der Waals surface area contributed by atoms with E-state index in [-0.39, 0.29) is 0 Å². The molecule has 1 heterocycles. The van der Waals surface area contributed by atoms with E-state index in [1.807, 2.05) is 0 Å². The number of hydrogen-bond acceptors (Lipinski definition) is 3. The number of sulfonamides is 1. The predicted octanol–water partition coefficient (Wildman–Crippen LogP) is 3.54. The molecule has 0 fully saturated rings. The molecule has 0 N–H and O–H groups in total. The van der Waals surface area contributed by atoms with E-state index >= 15 is 0 Å². The van der Waals surface area contributed by atoms with Gasteiger partial charge in [-0.2, -0.15) is 0 Å². The quantitative estimate of drug-likeness (QED) is 0.551. The van der Waals surface area contributed by atoms with Gasteiger partial charge in [-0.1, -0.05) is 6.42 Å². The second-order valence-corrected chi connectivity index (χ2v) is 8.75. The normalized spacial score (nSPS) is 12.2. The van der Waals surface area contributed by atoms with Crippen molar-refractivity contribution < 1.29 is 8.42 Å². The fraction of sp³-hybridized carbons (Fsp3) is 0.600. The summed E-state index contributed by atoms with van der Waals surface area (Å²) in [4.78, 5) is 0. The molecule has 1 aromatic rings. The van der Waals surface area contributed by atoms with Crippen molar-refractivity contribution in [1.29, 1.82) is 0 Å². The Hall–Kier alpha value is 0.380. The van der Waals surface area contributed by atoms with E-state index in [0.29, 0.717) is 16.6 Å². The van der Waals surface area contributed by atoms with Crippen molar-refractivity contribution in [1.82, 2.24) is 4.31 Å². The molecule has 1 aromatic heterocycles. The minimum Gasteiger partial charge on any atom is -0.206 e. The van der Waals surface area contributed by atoms with Crippen molar-refractivity contribution in [3.63, 3.8) is 0 Å². The lowest BCUT2D eigenvalue weighted by atomic mass is 10.2. The summed E-state index contributed by atoms with van der Waals surface area (Å²) in [6, 6.07) is 3.37. The van der Waals surface area contributed by atoms with Crippen molar-refractivity contribution in [2.75, 3.05) is 19.5 Å². The third-order valence-electron chi connectivity index (χ3n) is 2.32. The summed E-state index contributed by atoms with van der Waals surface area (Å²) in [5.74, 6) is 0.633. The Labute approximate surface area is 120 Å². The first-order valence-corrected chi connectivity index (χ1v) is 8.84. The molecular formula is C10H15BrClNO2S2. The molecule has 0 atom stereocenters. The zero-order valence-corrected chi connectivity index (χ0v) is 13.5. The number of unbranched alkanes of at least 4 members (excludes halogenated alkanes) is 2. The predicted molar refractivity (Wildman–Crippen MR) is 76.4 cm³/mol. The molecule has 0 aromatic carbocycles. The average molecular weight is 361 g/mol. The smallest absolute Gasteiger partial charge is 0.206 e. The zero-order valence-electron chi connectivity index (χ0n) is 9.53. The lowest BCUT2D eigenvalue weighted by molar-refractivity contribution is 0.456. The summed E-state index contributed by atoms with van der Waals surface area (Å²) in [6.45, 7) is 0.536. The number of halogens is 2. The SMILES string of the molecule is CN(CCCCCCl)S(=O)(=O)c1ccc(Br)s1. The molecule has 98 valence electrons. The molecule has 0 bridgehead atoms. The summed E-state index contributed by atoms with van der Waals surface area (Å²) in [7, 11) is -1.70. The Morgan fingerprint density at radius 1 is 1.35 bits per heavy atom. The van der Waals surface area contributed by atoms with Gasteiger partial charge in [0, 0.05) is 19.5 Å². The topological polar surface area (TPSA) is 37.4 Å². The van der Waals surface area contributed by atoms with Gasteiger partial charge in [-0.05, 0) is 40.9 Å². The van der Waals surface area contributed by atoms with Crippen LogP contribution in [0.3, 0.4) is 0 Å². The zero-order chi connectivity index (χ0) is 12.9. The maximum absolute atomic E-state index is 12.1. The maximum Gasteiger partial charge on any atom is 0.252 e. The van der Waals surface area contributed by atoms with Crippen LogP contribution in [0, 0.1) is 0 Å².